The molecule has 2 rings (SSSR count). The summed E-state index contributed by atoms with van der Waals surface area (Å²) in [6.45, 7) is 0. The molecule has 0 spiro atoms. The van der Waals surface area contributed by atoms with Crippen molar-refractivity contribution in [3.63, 3.8) is 0 Å². The summed E-state index contributed by atoms with van der Waals surface area (Å²) in [5, 5.41) is 2.75. The summed E-state index contributed by atoms with van der Waals surface area (Å²) in [5.41, 5.74) is 6.63. The van der Waals surface area contributed by atoms with Crippen LogP contribution in [0, 0.1) is 5.92 Å². The van der Waals surface area contributed by atoms with Crippen molar-refractivity contribution in [2.45, 2.75) is 25.3 Å². The number of ether oxygens (including phenoxy) is 1. The first-order valence-electron chi connectivity index (χ1n) is 6.55. The summed E-state index contributed by atoms with van der Waals surface area (Å²) in [6.07, 6.45) is 2.42. The Kier molecular flexibility index (Phi) is 5.40. The molecule has 1 aromatic carbocycles. The van der Waals surface area contributed by atoms with Crippen LogP contribution in [0.5, 0.6) is 0 Å². The highest BCUT2D eigenvalue weighted by atomic mass is 79.9. The van der Waals surface area contributed by atoms with Crippen LogP contribution in [-0.4, -0.2) is 25.0 Å². The summed E-state index contributed by atoms with van der Waals surface area (Å²) in [7, 11) is 1.30. The number of benzene rings is 1. The maximum Gasteiger partial charge on any atom is 0.340 e. The highest BCUT2D eigenvalue weighted by Gasteiger charge is 2.30. The predicted octanol–water partition coefficient (Wildman–Crippen LogP) is 3.06. The molecule has 0 radical (unpaired) electrons. The van der Waals surface area contributed by atoms with Crippen LogP contribution in [-0.2, 0) is 9.53 Å². The average Bonchev–Trinajstić information content (AvgIpc) is 3.25. The van der Waals surface area contributed by atoms with Crippen LogP contribution in [0.3, 0.4) is 0 Å². The number of nitrogens with one attached hydrogen (secondary N) is 1. The van der Waals surface area contributed by atoms with Gasteiger partial charge in [-0.1, -0.05) is 15.9 Å². The lowest BCUT2D eigenvalue weighted by molar-refractivity contribution is -0.116. The number of esters is 1. The molecule has 5 nitrogen and oxygen atoms in total. The molecule has 114 valence electrons. The van der Waals surface area contributed by atoms with Crippen LogP contribution in [0.25, 0.3) is 0 Å². The number of rotatable bonds is 5. The number of methoxy groups -OCH3 is 1. The number of halogens is 2. The van der Waals surface area contributed by atoms with Crippen LogP contribution in [0.1, 0.15) is 29.6 Å². The van der Waals surface area contributed by atoms with Gasteiger partial charge in [0.15, 0.2) is 0 Å². The Labute approximate surface area is 139 Å². The minimum Gasteiger partial charge on any atom is -0.465 e. The lowest BCUT2D eigenvalue weighted by Crippen LogP contribution is -2.29. The predicted molar refractivity (Wildman–Crippen MR) is 87.1 cm³/mol. The molecule has 1 aliphatic carbocycles. The van der Waals surface area contributed by atoms with E-state index in [0.717, 1.165) is 12.8 Å². The van der Waals surface area contributed by atoms with E-state index in [1.165, 1.54) is 7.11 Å². The molecule has 1 fully saturated rings. The number of anilines is 1. The second-order valence-corrected chi connectivity index (χ2v) is 6.83. The molecule has 1 atom stereocenters. The summed E-state index contributed by atoms with van der Waals surface area (Å²) < 4.78 is 6.05. The minimum atomic E-state index is -0.515. The van der Waals surface area contributed by atoms with Gasteiger partial charge in [0.25, 0.3) is 0 Å². The maximum atomic E-state index is 12.1. The fraction of sp³-hybridized carbons (Fsp3) is 0.429. The normalized spacial score (nSPS) is 15.4. The summed E-state index contributed by atoms with van der Waals surface area (Å²) in [4.78, 5) is 23.9. The monoisotopic (exact) mass is 418 g/mol. The van der Waals surface area contributed by atoms with Gasteiger partial charge in [-0.15, -0.1) is 0 Å². The van der Waals surface area contributed by atoms with E-state index in [-0.39, 0.29) is 23.9 Å². The highest BCUT2D eigenvalue weighted by molar-refractivity contribution is 9.11. The fourth-order valence-corrected chi connectivity index (χ4v) is 3.39. The van der Waals surface area contributed by atoms with Crippen LogP contribution in [0.4, 0.5) is 5.69 Å². The number of carbonyl (C=O) groups excluding carboxylic acids is 2. The van der Waals surface area contributed by atoms with Gasteiger partial charge in [-0.3, -0.25) is 4.79 Å². The van der Waals surface area contributed by atoms with Gasteiger partial charge >= 0.3 is 5.97 Å². The van der Waals surface area contributed by atoms with E-state index < -0.39 is 5.97 Å². The third-order valence-electron chi connectivity index (χ3n) is 3.37. The number of hydrogen-bond acceptors (Lipinski definition) is 4. The lowest BCUT2D eigenvalue weighted by atomic mass is 10.1. The van der Waals surface area contributed by atoms with Gasteiger partial charge in [0.05, 0.1) is 18.4 Å². The van der Waals surface area contributed by atoms with Crippen molar-refractivity contribution in [3.05, 3.63) is 26.6 Å². The van der Waals surface area contributed by atoms with E-state index in [2.05, 4.69) is 37.2 Å². The topological polar surface area (TPSA) is 81.4 Å². The highest BCUT2D eigenvalue weighted by Crippen LogP contribution is 2.34. The van der Waals surface area contributed by atoms with Crippen LogP contribution in [0.2, 0.25) is 0 Å². The van der Waals surface area contributed by atoms with Gasteiger partial charge in [-0.05, 0) is 46.8 Å². The molecule has 3 N–H and O–H groups in total. The Bertz CT molecular complexity index is 574. The zero-order chi connectivity index (χ0) is 15.6. The Hall–Kier alpha value is -0.920. The summed E-state index contributed by atoms with van der Waals surface area (Å²) in [6, 6.07) is 3.23. The van der Waals surface area contributed by atoms with Crippen molar-refractivity contribution < 1.29 is 14.3 Å². The van der Waals surface area contributed by atoms with Crippen LogP contribution in [0.15, 0.2) is 21.1 Å². The molecule has 0 saturated heterocycles. The Morgan fingerprint density at radius 1 is 1.43 bits per heavy atom. The van der Waals surface area contributed by atoms with Gasteiger partial charge in [-0.25, -0.2) is 4.79 Å². The molecule has 1 unspecified atom stereocenters. The zero-order valence-corrected chi connectivity index (χ0v) is 14.7. The Morgan fingerprint density at radius 2 is 2.10 bits per heavy atom. The van der Waals surface area contributed by atoms with Crippen LogP contribution >= 0.6 is 31.9 Å². The first-order chi connectivity index (χ1) is 9.92. The van der Waals surface area contributed by atoms with E-state index in [4.69, 9.17) is 10.5 Å². The van der Waals surface area contributed by atoms with Crippen molar-refractivity contribution in [3.8, 4) is 0 Å². The third kappa shape index (κ3) is 4.28. The van der Waals surface area contributed by atoms with Gasteiger partial charge in [-0.2, -0.15) is 0 Å². The van der Waals surface area contributed by atoms with Gasteiger partial charge < -0.3 is 15.8 Å². The van der Waals surface area contributed by atoms with Crippen molar-refractivity contribution in [1.82, 2.24) is 0 Å². The quantitative estimate of drug-likeness (QED) is 0.718. The van der Waals surface area contributed by atoms with Crippen LogP contribution < -0.4 is 11.1 Å². The minimum absolute atomic E-state index is 0.124. The molecule has 0 aromatic heterocycles. The summed E-state index contributed by atoms with van der Waals surface area (Å²) in [5.74, 6) is -0.273. The van der Waals surface area contributed by atoms with Crippen molar-refractivity contribution >= 4 is 49.4 Å². The third-order valence-corrected chi connectivity index (χ3v) is 4.46. The van der Waals surface area contributed by atoms with Gasteiger partial charge in [0.1, 0.15) is 0 Å². The van der Waals surface area contributed by atoms with E-state index >= 15 is 0 Å². The molecular weight excluding hydrogens is 404 g/mol. The second kappa shape index (κ2) is 6.89. The second-order valence-electron chi connectivity index (χ2n) is 5.06. The van der Waals surface area contributed by atoms with Gasteiger partial charge in [0, 0.05) is 21.4 Å². The lowest BCUT2D eigenvalue weighted by Gasteiger charge is -2.14. The maximum absolute atomic E-state index is 12.1. The van der Waals surface area contributed by atoms with E-state index in [1.54, 1.807) is 12.1 Å². The van der Waals surface area contributed by atoms with E-state index in [9.17, 15) is 9.59 Å². The van der Waals surface area contributed by atoms with E-state index in [1.807, 2.05) is 0 Å². The standard InChI is InChI=1S/C14H16Br2N2O3/c1-21-14(20)9-4-8(15)5-10(16)13(9)18-12(19)6-11(17)7-2-3-7/h4-5,7,11H,2-3,6,17H2,1H3,(H,18,19). The average molecular weight is 420 g/mol. The largest absolute Gasteiger partial charge is 0.465 e. The molecular formula is C14H16Br2N2O3. The zero-order valence-electron chi connectivity index (χ0n) is 11.5. The molecule has 7 heteroatoms. The molecule has 1 saturated carbocycles. The molecule has 1 amide bonds. The van der Waals surface area contributed by atoms with Crippen molar-refractivity contribution in [1.29, 1.82) is 0 Å². The molecule has 1 aromatic rings. The molecule has 0 heterocycles. The van der Waals surface area contributed by atoms with Gasteiger partial charge in [0.2, 0.25) is 5.91 Å². The number of amides is 1. The first-order valence-corrected chi connectivity index (χ1v) is 8.13. The molecule has 0 aliphatic heterocycles. The summed E-state index contributed by atoms with van der Waals surface area (Å²) >= 11 is 6.66. The SMILES string of the molecule is COC(=O)c1cc(Br)cc(Br)c1NC(=O)CC(N)C1CC1. The molecule has 0 bridgehead atoms. The molecule has 1 aliphatic rings. The number of carbonyl (C=O) groups is 2. The smallest absolute Gasteiger partial charge is 0.340 e. The van der Waals surface area contributed by atoms with Crippen molar-refractivity contribution in [2.24, 2.45) is 11.7 Å². The number of nitrogens with two attached hydrogens (primary N) is 1. The Balaban J connectivity index is 2.17. The number of hydrogen-bond donors (Lipinski definition) is 2. The van der Waals surface area contributed by atoms with E-state index in [0.29, 0.717) is 20.6 Å². The fourth-order valence-electron chi connectivity index (χ4n) is 2.07. The van der Waals surface area contributed by atoms with Crippen molar-refractivity contribution in [2.75, 3.05) is 12.4 Å². The Morgan fingerprint density at radius 3 is 2.67 bits per heavy atom. The molecule has 21 heavy (non-hydrogen) atoms. The first kappa shape index (κ1) is 16.5.